The lowest BCUT2D eigenvalue weighted by atomic mass is 9.74. The van der Waals surface area contributed by atoms with Crippen LogP contribution in [0.25, 0.3) is 0 Å². The second-order valence-electron chi connectivity index (χ2n) is 4.45. The molecule has 0 saturated heterocycles. The van der Waals surface area contributed by atoms with Crippen molar-refractivity contribution in [3.8, 4) is 0 Å². The van der Waals surface area contributed by atoms with Gasteiger partial charge in [-0.2, -0.15) is 0 Å². The molecule has 1 heterocycles. The van der Waals surface area contributed by atoms with Crippen molar-refractivity contribution in [2.45, 2.75) is 45.4 Å². The molecule has 12 heavy (non-hydrogen) atoms. The Hall–Kier alpha value is -0.300. The highest BCUT2D eigenvalue weighted by atomic mass is 32.1. The minimum atomic E-state index is 0.442. The Labute approximate surface area is 78.6 Å². The molecule has 1 aromatic rings. The zero-order chi connectivity index (χ0) is 8.77. The monoisotopic (exact) mass is 180 g/mol. The molecule has 0 bridgehead atoms. The average Bonchev–Trinajstić information content (AvgIpc) is 2.32. The summed E-state index contributed by atoms with van der Waals surface area (Å²) in [7, 11) is 0. The molecule has 0 fully saturated rings. The summed E-state index contributed by atoms with van der Waals surface area (Å²) in [6.45, 7) is 7.01. The van der Waals surface area contributed by atoms with Crippen molar-refractivity contribution in [3.63, 3.8) is 0 Å². The molecule has 0 atom stereocenters. The molecule has 0 nitrogen and oxygen atoms in total. The second-order valence-corrected chi connectivity index (χ2v) is 5.42. The van der Waals surface area contributed by atoms with E-state index in [1.165, 1.54) is 24.8 Å². The minimum absolute atomic E-state index is 0.442. The zero-order valence-electron chi connectivity index (χ0n) is 8.11. The molecule has 0 spiro atoms. The van der Waals surface area contributed by atoms with Gasteiger partial charge in [-0.3, -0.25) is 0 Å². The quantitative estimate of drug-likeness (QED) is 0.571. The van der Waals surface area contributed by atoms with Gasteiger partial charge in [0.1, 0.15) is 0 Å². The predicted octanol–water partition coefficient (Wildman–Crippen LogP) is 3.67. The molecular formula is C11H16S. The first-order valence-corrected chi connectivity index (χ1v) is 5.57. The summed E-state index contributed by atoms with van der Waals surface area (Å²) >= 11 is 1.95. The first kappa shape index (κ1) is 8.31. The molecule has 66 valence electrons. The van der Waals surface area contributed by atoms with E-state index >= 15 is 0 Å². The van der Waals surface area contributed by atoms with Crippen LogP contribution in [0.4, 0.5) is 0 Å². The maximum Gasteiger partial charge on any atom is 0.00854 e. The fourth-order valence-electron chi connectivity index (χ4n) is 2.41. The smallest absolute Gasteiger partial charge is 0.00854 e. The van der Waals surface area contributed by atoms with E-state index in [-0.39, 0.29) is 0 Å². The van der Waals surface area contributed by atoms with Gasteiger partial charge in [-0.1, -0.05) is 13.8 Å². The number of hydrogen-bond donors (Lipinski definition) is 0. The summed E-state index contributed by atoms with van der Waals surface area (Å²) in [4.78, 5) is 1.64. The number of aryl methyl sites for hydroxylation is 2. The molecule has 1 aliphatic rings. The number of fused-ring (bicyclic) bond motifs is 1. The maximum absolute atomic E-state index is 2.38. The van der Waals surface area contributed by atoms with Crippen LogP contribution in [-0.4, -0.2) is 0 Å². The lowest BCUT2D eigenvalue weighted by molar-refractivity contribution is 0.434. The van der Waals surface area contributed by atoms with E-state index in [0.29, 0.717) is 5.41 Å². The Balaban J connectivity index is 2.56. The first-order chi connectivity index (χ1) is 5.61. The lowest BCUT2D eigenvalue weighted by Gasteiger charge is -2.30. The van der Waals surface area contributed by atoms with E-state index in [1.54, 1.807) is 10.4 Å². The van der Waals surface area contributed by atoms with Gasteiger partial charge in [0.25, 0.3) is 0 Å². The summed E-state index contributed by atoms with van der Waals surface area (Å²) < 4.78 is 0. The largest absolute Gasteiger partial charge is 0.148 e. The molecule has 0 aromatic carbocycles. The van der Waals surface area contributed by atoms with Crippen LogP contribution >= 0.6 is 11.3 Å². The Kier molecular flexibility index (Phi) is 1.80. The van der Waals surface area contributed by atoms with Crippen LogP contribution in [0.2, 0.25) is 0 Å². The van der Waals surface area contributed by atoms with Gasteiger partial charge in [0.2, 0.25) is 0 Å². The third-order valence-corrected chi connectivity index (χ3v) is 4.10. The summed E-state index contributed by atoms with van der Waals surface area (Å²) in [6.07, 6.45) is 4.05. The van der Waals surface area contributed by atoms with E-state index in [0.717, 1.165) is 0 Å². The van der Waals surface area contributed by atoms with Gasteiger partial charge in [-0.25, -0.2) is 0 Å². The SMILES string of the molecule is Cc1csc2c1C(C)(C)CCC2. The number of thiophene rings is 1. The van der Waals surface area contributed by atoms with E-state index in [9.17, 15) is 0 Å². The third kappa shape index (κ3) is 1.11. The molecule has 0 unspecified atom stereocenters. The minimum Gasteiger partial charge on any atom is -0.148 e. The Bertz CT molecular complexity index is 294. The van der Waals surface area contributed by atoms with Crippen molar-refractivity contribution in [2.24, 2.45) is 0 Å². The van der Waals surface area contributed by atoms with Crippen molar-refractivity contribution in [2.75, 3.05) is 0 Å². The van der Waals surface area contributed by atoms with Crippen molar-refractivity contribution in [3.05, 3.63) is 21.4 Å². The summed E-state index contributed by atoms with van der Waals surface area (Å²) in [6, 6.07) is 0. The molecular weight excluding hydrogens is 164 g/mol. The Morgan fingerprint density at radius 2 is 2.17 bits per heavy atom. The predicted molar refractivity (Wildman–Crippen MR) is 55.0 cm³/mol. The van der Waals surface area contributed by atoms with Crippen LogP contribution in [0, 0.1) is 6.92 Å². The molecule has 0 N–H and O–H groups in total. The number of rotatable bonds is 0. The van der Waals surface area contributed by atoms with Gasteiger partial charge < -0.3 is 0 Å². The van der Waals surface area contributed by atoms with Crippen LogP contribution in [0.15, 0.2) is 5.38 Å². The van der Waals surface area contributed by atoms with Crippen LogP contribution in [-0.2, 0) is 11.8 Å². The third-order valence-electron chi connectivity index (χ3n) is 2.93. The second kappa shape index (κ2) is 2.59. The average molecular weight is 180 g/mol. The summed E-state index contributed by atoms with van der Waals surface area (Å²) in [5, 5.41) is 2.32. The lowest BCUT2D eigenvalue weighted by Crippen LogP contribution is -2.22. The highest BCUT2D eigenvalue weighted by Gasteiger charge is 2.29. The molecule has 2 rings (SSSR count). The molecule has 1 aromatic heterocycles. The molecule has 0 amide bonds. The summed E-state index contributed by atoms with van der Waals surface area (Å²) in [5.74, 6) is 0. The van der Waals surface area contributed by atoms with Crippen LogP contribution in [0.1, 0.15) is 42.7 Å². The maximum atomic E-state index is 2.38. The van der Waals surface area contributed by atoms with Crippen molar-refractivity contribution in [1.29, 1.82) is 0 Å². The van der Waals surface area contributed by atoms with Crippen LogP contribution < -0.4 is 0 Å². The fraction of sp³-hybridized carbons (Fsp3) is 0.636. The van der Waals surface area contributed by atoms with Gasteiger partial charge in [0.05, 0.1) is 0 Å². The van der Waals surface area contributed by atoms with Crippen LogP contribution in [0.3, 0.4) is 0 Å². The number of hydrogen-bond acceptors (Lipinski definition) is 1. The topological polar surface area (TPSA) is 0 Å². The standard InChI is InChI=1S/C11H16S/c1-8-7-12-9-5-4-6-11(2,3)10(8)9/h7H,4-6H2,1-3H3. The fourth-order valence-corrected chi connectivity index (χ4v) is 3.66. The van der Waals surface area contributed by atoms with E-state index < -0.39 is 0 Å². The highest BCUT2D eigenvalue weighted by molar-refractivity contribution is 7.10. The van der Waals surface area contributed by atoms with Gasteiger partial charge >= 0.3 is 0 Å². The Morgan fingerprint density at radius 1 is 1.42 bits per heavy atom. The molecule has 0 radical (unpaired) electrons. The van der Waals surface area contributed by atoms with Crippen molar-refractivity contribution in [1.82, 2.24) is 0 Å². The summed E-state index contributed by atoms with van der Waals surface area (Å²) in [5.41, 5.74) is 3.61. The van der Waals surface area contributed by atoms with Gasteiger partial charge in [0.15, 0.2) is 0 Å². The van der Waals surface area contributed by atoms with Gasteiger partial charge in [-0.15, -0.1) is 11.3 Å². The normalized spacial score (nSPS) is 20.6. The highest BCUT2D eigenvalue weighted by Crippen LogP contribution is 2.41. The Morgan fingerprint density at radius 3 is 2.83 bits per heavy atom. The molecule has 1 aliphatic carbocycles. The first-order valence-electron chi connectivity index (χ1n) is 4.69. The zero-order valence-corrected chi connectivity index (χ0v) is 8.92. The van der Waals surface area contributed by atoms with Crippen LogP contribution in [0.5, 0.6) is 0 Å². The molecule has 0 saturated carbocycles. The van der Waals surface area contributed by atoms with E-state index in [2.05, 4.69) is 26.2 Å². The van der Waals surface area contributed by atoms with Gasteiger partial charge in [-0.05, 0) is 48.1 Å². The van der Waals surface area contributed by atoms with Crippen molar-refractivity contribution >= 4 is 11.3 Å². The molecule has 0 aliphatic heterocycles. The van der Waals surface area contributed by atoms with E-state index in [4.69, 9.17) is 0 Å². The molecule has 1 heteroatoms. The van der Waals surface area contributed by atoms with Crippen molar-refractivity contribution < 1.29 is 0 Å². The van der Waals surface area contributed by atoms with Gasteiger partial charge in [0, 0.05) is 4.88 Å². The van der Waals surface area contributed by atoms with E-state index in [1.807, 2.05) is 11.3 Å².